The third-order valence-corrected chi connectivity index (χ3v) is 3.84. The van der Waals surface area contributed by atoms with Crippen LogP contribution in [0.25, 0.3) is 0 Å². The number of sulfonamides is 1. The lowest BCUT2D eigenvalue weighted by atomic mass is 10.4. The number of furan rings is 1. The van der Waals surface area contributed by atoms with E-state index in [0.717, 1.165) is 4.31 Å². The molecule has 0 bridgehead atoms. The van der Waals surface area contributed by atoms with E-state index < -0.39 is 10.0 Å². The van der Waals surface area contributed by atoms with Gasteiger partial charge >= 0.3 is 0 Å². The van der Waals surface area contributed by atoms with Crippen LogP contribution in [0.2, 0.25) is 0 Å². The first-order valence-electron chi connectivity index (χ1n) is 4.16. The van der Waals surface area contributed by atoms with Gasteiger partial charge in [-0.2, -0.15) is 4.31 Å². The van der Waals surface area contributed by atoms with Crippen LogP contribution in [0.5, 0.6) is 0 Å². The summed E-state index contributed by atoms with van der Waals surface area (Å²) in [5.41, 5.74) is 5.19. The maximum atomic E-state index is 11.6. The number of hydrogen-bond donors (Lipinski definition) is 1. The standard InChI is InChI=1S/C8H12N2O3S2/c1-10(5-7-3-2-4-13-7)15(11,12)6-8(9)14/h2-4H,5-6H2,1H3,(H2,9,14). The molecule has 0 amide bonds. The Labute approximate surface area is 93.9 Å². The molecule has 0 unspecified atom stereocenters. The van der Waals surface area contributed by atoms with Crippen molar-refractivity contribution in [3.63, 3.8) is 0 Å². The van der Waals surface area contributed by atoms with E-state index in [9.17, 15) is 8.42 Å². The molecule has 15 heavy (non-hydrogen) atoms. The van der Waals surface area contributed by atoms with Crippen molar-refractivity contribution in [3.05, 3.63) is 24.2 Å². The minimum absolute atomic E-state index is 0.0405. The largest absolute Gasteiger partial charge is 0.468 e. The molecule has 0 aliphatic rings. The van der Waals surface area contributed by atoms with Crippen LogP contribution >= 0.6 is 12.2 Å². The van der Waals surface area contributed by atoms with Crippen molar-refractivity contribution < 1.29 is 12.8 Å². The molecule has 84 valence electrons. The molecule has 7 heteroatoms. The summed E-state index contributed by atoms with van der Waals surface area (Å²) in [4.78, 5) is -0.0405. The van der Waals surface area contributed by atoms with Gasteiger partial charge in [0.05, 0.1) is 17.8 Å². The van der Waals surface area contributed by atoms with E-state index in [0.29, 0.717) is 5.76 Å². The average molecular weight is 248 g/mol. The van der Waals surface area contributed by atoms with Gasteiger partial charge in [-0.3, -0.25) is 0 Å². The van der Waals surface area contributed by atoms with Crippen LogP contribution in [0.1, 0.15) is 5.76 Å². The molecule has 1 rings (SSSR count). The van der Waals surface area contributed by atoms with Crippen LogP contribution < -0.4 is 5.73 Å². The van der Waals surface area contributed by atoms with Gasteiger partial charge in [0.15, 0.2) is 0 Å². The van der Waals surface area contributed by atoms with Gasteiger partial charge in [0, 0.05) is 7.05 Å². The summed E-state index contributed by atoms with van der Waals surface area (Å²) in [5, 5.41) is 0. The molecule has 1 aromatic rings. The second-order valence-electron chi connectivity index (χ2n) is 3.06. The van der Waals surface area contributed by atoms with E-state index in [1.54, 1.807) is 12.1 Å². The molecule has 0 spiro atoms. The van der Waals surface area contributed by atoms with E-state index in [1.165, 1.54) is 13.3 Å². The molecule has 0 atom stereocenters. The zero-order chi connectivity index (χ0) is 11.5. The third kappa shape index (κ3) is 3.61. The molecule has 1 heterocycles. The second-order valence-corrected chi connectivity index (χ2v) is 5.66. The first-order valence-corrected chi connectivity index (χ1v) is 6.18. The number of nitrogens with two attached hydrogens (primary N) is 1. The highest BCUT2D eigenvalue weighted by Crippen LogP contribution is 2.07. The minimum atomic E-state index is -3.43. The third-order valence-electron chi connectivity index (χ3n) is 1.76. The summed E-state index contributed by atoms with van der Waals surface area (Å²) < 4.78 is 29.4. The molecule has 0 saturated heterocycles. The van der Waals surface area contributed by atoms with Crippen molar-refractivity contribution in [2.75, 3.05) is 12.8 Å². The molecule has 0 aliphatic heterocycles. The quantitative estimate of drug-likeness (QED) is 0.760. The smallest absolute Gasteiger partial charge is 0.220 e. The van der Waals surface area contributed by atoms with E-state index >= 15 is 0 Å². The summed E-state index contributed by atoms with van der Waals surface area (Å²) in [5.74, 6) is 0.253. The Morgan fingerprint density at radius 3 is 2.80 bits per heavy atom. The Balaban J connectivity index is 2.68. The van der Waals surface area contributed by atoms with E-state index in [1.807, 2.05) is 0 Å². The zero-order valence-corrected chi connectivity index (χ0v) is 9.85. The molecule has 0 aromatic carbocycles. The van der Waals surface area contributed by atoms with Gasteiger partial charge in [-0.05, 0) is 12.1 Å². The van der Waals surface area contributed by atoms with Crippen molar-refractivity contribution >= 4 is 27.2 Å². The van der Waals surface area contributed by atoms with Crippen LogP contribution in [0, 0.1) is 0 Å². The molecular formula is C8H12N2O3S2. The summed E-state index contributed by atoms with van der Waals surface area (Å²) >= 11 is 4.56. The van der Waals surface area contributed by atoms with Gasteiger partial charge in [-0.1, -0.05) is 12.2 Å². The monoisotopic (exact) mass is 248 g/mol. The van der Waals surface area contributed by atoms with Crippen molar-refractivity contribution in [2.45, 2.75) is 6.54 Å². The Morgan fingerprint density at radius 2 is 2.33 bits per heavy atom. The molecule has 0 fully saturated rings. The van der Waals surface area contributed by atoms with E-state index in [4.69, 9.17) is 10.2 Å². The summed E-state index contributed by atoms with van der Waals surface area (Å²) in [6, 6.07) is 3.40. The lowest BCUT2D eigenvalue weighted by Gasteiger charge is -2.14. The molecule has 0 aliphatic carbocycles. The predicted octanol–water partition coefficient (Wildman–Crippen LogP) is 0.327. The van der Waals surface area contributed by atoms with Gasteiger partial charge in [0.25, 0.3) is 0 Å². The maximum absolute atomic E-state index is 11.6. The van der Waals surface area contributed by atoms with Gasteiger partial charge < -0.3 is 10.2 Å². The molecule has 1 aromatic heterocycles. The van der Waals surface area contributed by atoms with Crippen molar-refractivity contribution in [1.82, 2.24) is 4.31 Å². The summed E-state index contributed by atoms with van der Waals surface area (Å²) in [6.07, 6.45) is 1.49. The second kappa shape index (κ2) is 4.73. The lowest BCUT2D eigenvalue weighted by molar-refractivity contribution is 0.408. The first-order chi connectivity index (χ1) is 6.92. The van der Waals surface area contributed by atoms with E-state index in [2.05, 4.69) is 12.2 Å². The highest BCUT2D eigenvalue weighted by molar-refractivity contribution is 7.92. The average Bonchev–Trinajstić information content (AvgIpc) is 2.54. The molecule has 5 nitrogen and oxygen atoms in total. The number of hydrogen-bond acceptors (Lipinski definition) is 4. The van der Waals surface area contributed by atoms with Gasteiger partial charge in [0.1, 0.15) is 11.5 Å². The predicted molar refractivity (Wildman–Crippen MR) is 60.7 cm³/mol. The maximum Gasteiger partial charge on any atom is 0.220 e. The highest BCUT2D eigenvalue weighted by Gasteiger charge is 2.19. The minimum Gasteiger partial charge on any atom is -0.468 e. The number of rotatable bonds is 5. The Morgan fingerprint density at radius 1 is 1.67 bits per heavy atom. The van der Waals surface area contributed by atoms with Crippen LogP contribution in [-0.4, -0.2) is 30.5 Å². The fraction of sp³-hybridized carbons (Fsp3) is 0.375. The topological polar surface area (TPSA) is 76.5 Å². The van der Waals surface area contributed by atoms with E-state index in [-0.39, 0.29) is 17.3 Å². The Hall–Kier alpha value is -0.920. The van der Waals surface area contributed by atoms with Crippen LogP contribution in [0.3, 0.4) is 0 Å². The van der Waals surface area contributed by atoms with Crippen LogP contribution in [0.15, 0.2) is 22.8 Å². The summed E-state index contributed by atoms with van der Waals surface area (Å²) in [7, 11) is -1.97. The Bertz CT molecular complexity index is 425. The van der Waals surface area contributed by atoms with Gasteiger partial charge in [-0.25, -0.2) is 8.42 Å². The molecular weight excluding hydrogens is 236 g/mol. The fourth-order valence-corrected chi connectivity index (χ4v) is 2.36. The molecule has 0 saturated carbocycles. The first kappa shape index (κ1) is 12.2. The lowest BCUT2D eigenvalue weighted by Crippen LogP contribution is -2.33. The number of thiocarbonyl (C=S) groups is 1. The Kier molecular flexibility index (Phi) is 3.83. The van der Waals surface area contributed by atoms with Crippen LogP contribution in [0.4, 0.5) is 0 Å². The van der Waals surface area contributed by atoms with Crippen molar-refractivity contribution in [1.29, 1.82) is 0 Å². The SMILES string of the molecule is CN(Cc1ccco1)S(=O)(=O)CC(N)=S. The van der Waals surface area contributed by atoms with Crippen molar-refractivity contribution in [3.8, 4) is 0 Å². The molecule has 2 N–H and O–H groups in total. The van der Waals surface area contributed by atoms with Crippen molar-refractivity contribution in [2.24, 2.45) is 5.73 Å². The fourth-order valence-electron chi connectivity index (χ4n) is 1.01. The van der Waals surface area contributed by atoms with Gasteiger partial charge in [0.2, 0.25) is 10.0 Å². The highest BCUT2D eigenvalue weighted by atomic mass is 32.2. The van der Waals surface area contributed by atoms with Crippen LogP contribution in [-0.2, 0) is 16.6 Å². The summed E-state index contributed by atoms with van der Waals surface area (Å²) in [6.45, 7) is 0.179. The zero-order valence-electron chi connectivity index (χ0n) is 8.21. The normalized spacial score (nSPS) is 11.9. The van der Waals surface area contributed by atoms with Gasteiger partial charge in [-0.15, -0.1) is 0 Å². The molecule has 0 radical (unpaired) electrons. The number of nitrogens with zero attached hydrogens (tertiary/aromatic N) is 1.